The second-order valence-electron chi connectivity index (χ2n) is 6.30. The third-order valence-corrected chi connectivity index (χ3v) is 5.60. The monoisotopic (exact) mass is 377 g/mol. The third kappa shape index (κ3) is 5.55. The molecule has 1 aliphatic carbocycles. The number of sulfone groups is 1. The first-order valence-corrected chi connectivity index (χ1v) is 10.1. The maximum Gasteiger partial charge on any atom is 0.189 e. The largest absolute Gasteiger partial charge is 0.370 e. The van der Waals surface area contributed by atoms with Gasteiger partial charge in [0.1, 0.15) is 9.84 Å². The zero-order valence-electron chi connectivity index (χ0n) is 13.1. The number of nitrogens with zero attached hydrogens (tertiary/aromatic N) is 1. The lowest BCUT2D eigenvalue weighted by atomic mass is 10.1. The number of hydrogen-bond acceptors (Lipinski definition) is 3. The summed E-state index contributed by atoms with van der Waals surface area (Å²) in [4.78, 5) is 4.30. The Morgan fingerprint density at radius 3 is 2.61 bits per heavy atom. The number of nitrogens with two attached hydrogens (primary N) is 1. The SMILES string of the molecule is CC(NC(N)=NCC1(CS(C)(=O)=O)CC1)c1ccc(Cl)cc1Cl. The number of nitrogens with one attached hydrogen (secondary N) is 1. The molecule has 0 bridgehead atoms. The quantitative estimate of drug-likeness (QED) is 0.589. The fourth-order valence-corrected chi connectivity index (χ4v) is 4.60. The highest BCUT2D eigenvalue weighted by atomic mass is 35.5. The van der Waals surface area contributed by atoms with E-state index in [1.54, 1.807) is 12.1 Å². The van der Waals surface area contributed by atoms with Gasteiger partial charge in [0.15, 0.2) is 5.96 Å². The molecule has 1 saturated carbocycles. The van der Waals surface area contributed by atoms with Crippen LogP contribution in [0.15, 0.2) is 23.2 Å². The van der Waals surface area contributed by atoms with Crippen LogP contribution in [0, 0.1) is 5.41 Å². The first-order chi connectivity index (χ1) is 10.6. The maximum atomic E-state index is 11.4. The first-order valence-electron chi connectivity index (χ1n) is 7.29. The standard InChI is InChI=1S/C15H21Cl2N3O2S/c1-10(12-4-3-11(16)7-13(12)17)20-14(18)19-8-15(5-6-15)9-23(2,21)22/h3-4,7,10H,5-6,8-9H2,1-2H3,(H3,18,19,20). The molecular weight excluding hydrogens is 357 g/mol. The van der Waals surface area contributed by atoms with Gasteiger partial charge in [-0.1, -0.05) is 29.3 Å². The average molecular weight is 378 g/mol. The molecule has 1 atom stereocenters. The van der Waals surface area contributed by atoms with Crippen LogP contribution < -0.4 is 11.1 Å². The van der Waals surface area contributed by atoms with Gasteiger partial charge in [0, 0.05) is 28.3 Å². The van der Waals surface area contributed by atoms with Crippen molar-refractivity contribution in [3.63, 3.8) is 0 Å². The van der Waals surface area contributed by atoms with Crippen molar-refractivity contribution in [1.82, 2.24) is 5.32 Å². The van der Waals surface area contributed by atoms with Gasteiger partial charge in [0.05, 0.1) is 11.8 Å². The summed E-state index contributed by atoms with van der Waals surface area (Å²) >= 11 is 12.1. The Kier molecular flexibility index (Phi) is 5.48. The summed E-state index contributed by atoms with van der Waals surface area (Å²) in [5, 5.41) is 4.20. The van der Waals surface area contributed by atoms with E-state index in [9.17, 15) is 8.42 Å². The highest BCUT2D eigenvalue weighted by Crippen LogP contribution is 2.46. The maximum absolute atomic E-state index is 11.4. The minimum atomic E-state index is -3.00. The van der Waals surface area contributed by atoms with E-state index in [4.69, 9.17) is 28.9 Å². The van der Waals surface area contributed by atoms with Gasteiger partial charge in [-0.25, -0.2) is 8.42 Å². The molecule has 1 aliphatic rings. The van der Waals surface area contributed by atoms with Crippen molar-refractivity contribution < 1.29 is 8.42 Å². The number of benzene rings is 1. The Bertz CT molecular complexity index is 715. The zero-order valence-corrected chi connectivity index (χ0v) is 15.5. The Morgan fingerprint density at radius 1 is 1.43 bits per heavy atom. The first kappa shape index (κ1) is 18.4. The topological polar surface area (TPSA) is 84.5 Å². The molecule has 1 unspecified atom stereocenters. The lowest BCUT2D eigenvalue weighted by Crippen LogP contribution is -2.35. The van der Waals surface area contributed by atoms with E-state index >= 15 is 0 Å². The van der Waals surface area contributed by atoms with E-state index < -0.39 is 9.84 Å². The molecule has 1 aromatic carbocycles. The summed E-state index contributed by atoms with van der Waals surface area (Å²) in [5.41, 5.74) is 6.54. The fraction of sp³-hybridized carbons (Fsp3) is 0.533. The number of guanidine groups is 1. The fourth-order valence-electron chi connectivity index (χ4n) is 2.53. The Labute approximate surface area is 147 Å². The van der Waals surface area contributed by atoms with Crippen molar-refractivity contribution in [2.75, 3.05) is 18.6 Å². The van der Waals surface area contributed by atoms with E-state index in [1.165, 1.54) is 6.26 Å². The molecule has 1 fully saturated rings. The van der Waals surface area contributed by atoms with Gasteiger partial charge in [0.25, 0.3) is 0 Å². The van der Waals surface area contributed by atoms with Crippen LogP contribution in [0.5, 0.6) is 0 Å². The smallest absolute Gasteiger partial charge is 0.189 e. The van der Waals surface area contributed by atoms with Crippen LogP contribution in [-0.4, -0.2) is 32.9 Å². The van der Waals surface area contributed by atoms with Crippen LogP contribution in [0.1, 0.15) is 31.4 Å². The highest BCUT2D eigenvalue weighted by Gasteiger charge is 2.45. The highest BCUT2D eigenvalue weighted by molar-refractivity contribution is 7.90. The third-order valence-electron chi connectivity index (χ3n) is 3.90. The molecule has 0 radical (unpaired) electrons. The van der Waals surface area contributed by atoms with Gasteiger partial charge in [-0.15, -0.1) is 0 Å². The molecule has 23 heavy (non-hydrogen) atoms. The summed E-state index contributed by atoms with van der Waals surface area (Å²) in [6.07, 6.45) is 2.99. The summed E-state index contributed by atoms with van der Waals surface area (Å²) in [5.74, 6) is 0.443. The van der Waals surface area contributed by atoms with Gasteiger partial charge in [-0.3, -0.25) is 4.99 Å². The van der Waals surface area contributed by atoms with Crippen molar-refractivity contribution in [2.24, 2.45) is 16.1 Å². The lowest BCUT2D eigenvalue weighted by molar-refractivity contribution is 0.550. The summed E-state index contributed by atoms with van der Waals surface area (Å²) < 4.78 is 22.9. The van der Waals surface area contributed by atoms with Gasteiger partial charge < -0.3 is 11.1 Å². The van der Waals surface area contributed by atoms with Crippen LogP contribution in [0.4, 0.5) is 0 Å². The Morgan fingerprint density at radius 2 is 2.09 bits per heavy atom. The number of hydrogen-bond donors (Lipinski definition) is 2. The van der Waals surface area contributed by atoms with Crippen molar-refractivity contribution >= 4 is 39.0 Å². The second-order valence-corrected chi connectivity index (χ2v) is 9.29. The van der Waals surface area contributed by atoms with Crippen LogP contribution in [0.25, 0.3) is 0 Å². The van der Waals surface area contributed by atoms with Crippen molar-refractivity contribution in [3.05, 3.63) is 33.8 Å². The molecule has 0 spiro atoms. The van der Waals surface area contributed by atoms with Crippen LogP contribution in [0.3, 0.4) is 0 Å². The lowest BCUT2D eigenvalue weighted by Gasteiger charge is -2.17. The van der Waals surface area contributed by atoms with E-state index in [-0.39, 0.29) is 23.2 Å². The molecule has 8 heteroatoms. The van der Waals surface area contributed by atoms with E-state index in [0.29, 0.717) is 16.6 Å². The predicted octanol–water partition coefficient (Wildman–Crippen LogP) is 2.78. The van der Waals surface area contributed by atoms with E-state index in [1.807, 2.05) is 13.0 Å². The van der Waals surface area contributed by atoms with Gasteiger partial charge in [0.2, 0.25) is 0 Å². The molecule has 0 aromatic heterocycles. The molecule has 0 amide bonds. The molecule has 0 saturated heterocycles. The Balaban J connectivity index is 1.97. The molecule has 2 rings (SSSR count). The zero-order chi connectivity index (χ0) is 17.3. The van der Waals surface area contributed by atoms with Gasteiger partial charge in [-0.05, 0) is 37.5 Å². The van der Waals surface area contributed by atoms with Gasteiger partial charge in [-0.2, -0.15) is 0 Å². The van der Waals surface area contributed by atoms with Crippen LogP contribution >= 0.6 is 23.2 Å². The van der Waals surface area contributed by atoms with E-state index in [0.717, 1.165) is 18.4 Å². The predicted molar refractivity (Wildman–Crippen MR) is 95.9 cm³/mol. The Hall–Kier alpha value is -0.980. The number of aliphatic imine (C=N–C) groups is 1. The van der Waals surface area contributed by atoms with E-state index in [2.05, 4.69) is 10.3 Å². The molecule has 3 N–H and O–H groups in total. The summed E-state index contributed by atoms with van der Waals surface area (Å²) in [7, 11) is -3.00. The molecule has 0 aliphatic heterocycles. The molecule has 0 heterocycles. The van der Waals surface area contributed by atoms with Crippen LogP contribution in [0.2, 0.25) is 10.0 Å². The van der Waals surface area contributed by atoms with Crippen LogP contribution in [-0.2, 0) is 9.84 Å². The summed E-state index contributed by atoms with van der Waals surface area (Å²) in [6, 6.07) is 5.14. The average Bonchev–Trinajstić information content (AvgIpc) is 3.14. The molecular formula is C15H21Cl2N3O2S. The van der Waals surface area contributed by atoms with Gasteiger partial charge >= 0.3 is 0 Å². The molecule has 128 valence electrons. The second kappa shape index (κ2) is 6.87. The van der Waals surface area contributed by atoms with Crippen molar-refractivity contribution in [2.45, 2.75) is 25.8 Å². The minimum absolute atomic E-state index is 0.131. The molecule has 1 aromatic rings. The molecule has 5 nitrogen and oxygen atoms in total. The minimum Gasteiger partial charge on any atom is -0.370 e. The summed E-state index contributed by atoms with van der Waals surface area (Å²) in [6.45, 7) is 2.33. The van der Waals surface area contributed by atoms with Crippen molar-refractivity contribution in [1.29, 1.82) is 0 Å². The number of rotatable bonds is 6. The number of halogens is 2. The van der Waals surface area contributed by atoms with Crippen molar-refractivity contribution in [3.8, 4) is 0 Å². The normalized spacial score (nSPS) is 18.5.